The molecular formula is C33H56N4OS2. The van der Waals surface area contributed by atoms with Gasteiger partial charge in [-0.1, -0.05) is 143 Å². The van der Waals surface area contributed by atoms with Gasteiger partial charge in [-0.3, -0.25) is 0 Å². The molecule has 0 fully saturated rings. The molecule has 0 saturated heterocycles. The second-order valence-electron chi connectivity index (χ2n) is 13.3. The zero-order valence-corrected chi connectivity index (χ0v) is 28.2. The van der Waals surface area contributed by atoms with Gasteiger partial charge in [0.25, 0.3) is 0 Å². The van der Waals surface area contributed by atoms with E-state index in [9.17, 15) is 5.11 Å². The summed E-state index contributed by atoms with van der Waals surface area (Å²) in [6.45, 7) is 18.1. The number of anilines is 2. The summed E-state index contributed by atoms with van der Waals surface area (Å²) in [5.74, 6) is 3.49. The largest absolute Gasteiger partial charge is 0.506 e. The van der Waals surface area contributed by atoms with E-state index in [1.807, 2.05) is 12.1 Å². The fourth-order valence-corrected chi connectivity index (χ4v) is 6.02. The molecule has 2 aromatic rings. The van der Waals surface area contributed by atoms with Crippen molar-refractivity contribution < 1.29 is 5.11 Å². The van der Waals surface area contributed by atoms with E-state index in [0.29, 0.717) is 17.1 Å². The van der Waals surface area contributed by atoms with Gasteiger partial charge in [-0.2, -0.15) is 15.0 Å². The Morgan fingerprint density at radius 3 is 1.85 bits per heavy atom. The van der Waals surface area contributed by atoms with Gasteiger partial charge in [0.15, 0.2) is 10.3 Å². The fraction of sp³-hybridized carbons (Fsp3) is 0.727. The van der Waals surface area contributed by atoms with Gasteiger partial charge in [0, 0.05) is 11.5 Å². The first-order valence-electron chi connectivity index (χ1n) is 15.5. The van der Waals surface area contributed by atoms with Crippen molar-refractivity contribution in [2.75, 3.05) is 16.8 Å². The van der Waals surface area contributed by atoms with Crippen LogP contribution in [0, 0.1) is 11.3 Å². The van der Waals surface area contributed by atoms with E-state index in [4.69, 9.17) is 15.0 Å². The molecule has 0 radical (unpaired) electrons. The maximum Gasteiger partial charge on any atom is 0.232 e. The van der Waals surface area contributed by atoms with Crippen molar-refractivity contribution in [3.8, 4) is 5.75 Å². The van der Waals surface area contributed by atoms with Crippen LogP contribution in [-0.4, -0.2) is 31.6 Å². The Hall–Kier alpha value is -1.47. The summed E-state index contributed by atoms with van der Waals surface area (Å²) in [6.07, 6.45) is 14.0. The number of nitrogens with zero attached hydrogens (tertiary/aromatic N) is 3. The molecule has 1 unspecified atom stereocenters. The standard InChI is InChI=1S/C33H56N4OS2/c1-9-10-11-12-14-17-22-39-30-35-29(34-27-21-20-26(24-28(27)38)33(6,7)8)36-31(37-30)40-23-18-15-13-16-19-25(2)32(3,4)5/h20-21,24-25,38H,9-19,22-23H2,1-8H3,(H,34,35,36,37). The van der Waals surface area contributed by atoms with Gasteiger partial charge in [0.2, 0.25) is 5.95 Å². The number of unbranched alkanes of at least 4 members (excludes halogenated alkanes) is 8. The number of nitrogens with one attached hydrogen (secondary N) is 1. The molecule has 0 bridgehead atoms. The second kappa shape index (κ2) is 17.5. The third kappa shape index (κ3) is 13.5. The highest BCUT2D eigenvalue weighted by molar-refractivity contribution is 7.99. The first-order valence-corrected chi connectivity index (χ1v) is 17.5. The zero-order valence-electron chi connectivity index (χ0n) is 26.6. The molecule has 5 nitrogen and oxygen atoms in total. The summed E-state index contributed by atoms with van der Waals surface area (Å²) in [5, 5.41) is 15.5. The Morgan fingerprint density at radius 1 is 0.775 bits per heavy atom. The lowest BCUT2D eigenvalue weighted by atomic mass is 9.79. The fourth-order valence-electron chi connectivity index (χ4n) is 4.30. The van der Waals surface area contributed by atoms with Crippen molar-refractivity contribution in [3.63, 3.8) is 0 Å². The van der Waals surface area contributed by atoms with E-state index >= 15 is 0 Å². The second-order valence-corrected chi connectivity index (χ2v) is 15.4. The number of benzene rings is 1. The van der Waals surface area contributed by atoms with Gasteiger partial charge in [-0.25, -0.2) is 0 Å². The van der Waals surface area contributed by atoms with Crippen LogP contribution in [0.25, 0.3) is 0 Å². The van der Waals surface area contributed by atoms with Crippen LogP contribution in [0.3, 0.4) is 0 Å². The van der Waals surface area contributed by atoms with Crippen LogP contribution in [0.2, 0.25) is 0 Å². The molecule has 7 heteroatoms. The SMILES string of the molecule is CCCCCCCCSc1nc(Nc2ccc(C(C)(C)C)cc2O)nc(SCCCCCCC(C)C(C)(C)C)n1. The maximum atomic E-state index is 10.7. The zero-order chi connectivity index (χ0) is 29.6. The highest BCUT2D eigenvalue weighted by Crippen LogP contribution is 2.33. The van der Waals surface area contributed by atoms with Crippen molar-refractivity contribution in [1.29, 1.82) is 0 Å². The Morgan fingerprint density at radius 2 is 1.32 bits per heavy atom. The Balaban J connectivity index is 1.97. The molecule has 1 aromatic carbocycles. The molecule has 0 aliphatic rings. The van der Waals surface area contributed by atoms with Gasteiger partial charge < -0.3 is 10.4 Å². The van der Waals surface area contributed by atoms with Crippen molar-refractivity contribution in [2.24, 2.45) is 11.3 Å². The topological polar surface area (TPSA) is 70.9 Å². The minimum atomic E-state index is -0.0296. The summed E-state index contributed by atoms with van der Waals surface area (Å²) in [5.41, 5.74) is 2.08. The third-order valence-corrected chi connectivity index (χ3v) is 9.54. The average Bonchev–Trinajstić information content (AvgIpc) is 2.87. The van der Waals surface area contributed by atoms with Gasteiger partial charge in [-0.15, -0.1) is 0 Å². The van der Waals surface area contributed by atoms with Crippen LogP contribution in [0.4, 0.5) is 11.6 Å². The Labute approximate surface area is 253 Å². The molecule has 2 N–H and O–H groups in total. The smallest absolute Gasteiger partial charge is 0.232 e. The summed E-state index contributed by atoms with van der Waals surface area (Å²) in [4.78, 5) is 14.2. The summed E-state index contributed by atoms with van der Waals surface area (Å²) >= 11 is 3.42. The van der Waals surface area contributed by atoms with E-state index in [1.54, 1.807) is 23.5 Å². The molecule has 1 aromatic heterocycles. The lowest BCUT2D eigenvalue weighted by molar-refractivity contribution is 0.241. The molecule has 2 rings (SSSR count). The molecule has 0 aliphatic carbocycles. The molecule has 1 atom stereocenters. The molecule has 40 heavy (non-hydrogen) atoms. The van der Waals surface area contributed by atoms with Crippen LogP contribution < -0.4 is 5.32 Å². The first-order chi connectivity index (χ1) is 18.9. The van der Waals surface area contributed by atoms with Gasteiger partial charge in [-0.05, 0) is 47.3 Å². The Kier molecular flexibility index (Phi) is 15.2. The summed E-state index contributed by atoms with van der Waals surface area (Å²) in [6, 6.07) is 5.79. The first kappa shape index (κ1) is 34.7. The molecule has 1 heterocycles. The number of hydrogen-bond acceptors (Lipinski definition) is 7. The molecule has 0 saturated carbocycles. The van der Waals surface area contributed by atoms with Crippen molar-refractivity contribution in [1.82, 2.24) is 15.0 Å². The van der Waals surface area contributed by atoms with Crippen LogP contribution in [-0.2, 0) is 5.41 Å². The van der Waals surface area contributed by atoms with E-state index in [1.165, 1.54) is 64.2 Å². The number of thioether (sulfide) groups is 2. The minimum Gasteiger partial charge on any atom is -0.506 e. The van der Waals surface area contributed by atoms with Crippen LogP contribution >= 0.6 is 23.5 Å². The van der Waals surface area contributed by atoms with Gasteiger partial charge >= 0.3 is 0 Å². The van der Waals surface area contributed by atoms with E-state index < -0.39 is 0 Å². The summed E-state index contributed by atoms with van der Waals surface area (Å²) in [7, 11) is 0. The highest BCUT2D eigenvalue weighted by Gasteiger charge is 2.19. The third-order valence-electron chi connectivity index (χ3n) is 7.67. The van der Waals surface area contributed by atoms with Crippen molar-refractivity contribution in [2.45, 2.75) is 142 Å². The molecule has 0 spiro atoms. The van der Waals surface area contributed by atoms with E-state index in [2.05, 4.69) is 66.8 Å². The van der Waals surface area contributed by atoms with Crippen molar-refractivity contribution in [3.05, 3.63) is 23.8 Å². The van der Waals surface area contributed by atoms with Crippen LogP contribution in [0.15, 0.2) is 28.5 Å². The van der Waals surface area contributed by atoms with E-state index in [-0.39, 0.29) is 11.2 Å². The number of hydrogen-bond donors (Lipinski definition) is 2. The predicted octanol–water partition coefficient (Wildman–Crippen LogP) is 10.8. The van der Waals surface area contributed by atoms with Gasteiger partial charge in [0.05, 0.1) is 5.69 Å². The van der Waals surface area contributed by atoms with Gasteiger partial charge in [0.1, 0.15) is 5.75 Å². The van der Waals surface area contributed by atoms with Crippen LogP contribution in [0.1, 0.15) is 132 Å². The number of rotatable bonds is 18. The normalized spacial score (nSPS) is 13.0. The molecule has 226 valence electrons. The quantitative estimate of drug-likeness (QED) is 0.102. The van der Waals surface area contributed by atoms with Crippen LogP contribution in [0.5, 0.6) is 5.75 Å². The van der Waals surface area contributed by atoms with Crippen molar-refractivity contribution >= 4 is 35.2 Å². The number of phenolic OH excluding ortho intramolecular Hbond substituents is 1. The molecular weight excluding hydrogens is 533 g/mol. The molecule has 0 aliphatic heterocycles. The van der Waals surface area contributed by atoms with E-state index in [0.717, 1.165) is 39.7 Å². The maximum absolute atomic E-state index is 10.7. The number of phenols is 1. The lowest BCUT2D eigenvalue weighted by Gasteiger charge is -2.27. The molecule has 0 amide bonds. The monoisotopic (exact) mass is 588 g/mol. The number of aromatic nitrogens is 3. The average molecular weight is 589 g/mol. The highest BCUT2D eigenvalue weighted by atomic mass is 32.2. The Bertz CT molecular complexity index is 1000. The summed E-state index contributed by atoms with van der Waals surface area (Å²) < 4.78 is 0. The lowest BCUT2D eigenvalue weighted by Crippen LogP contribution is -2.16. The predicted molar refractivity (Wildman–Crippen MR) is 176 cm³/mol. The number of aromatic hydroxyl groups is 1. The minimum absolute atomic E-state index is 0.0296.